The van der Waals surface area contributed by atoms with Crippen molar-refractivity contribution in [3.8, 4) is 0 Å². The molecule has 3 aromatic rings. The first-order valence-electron chi connectivity index (χ1n) is 8.07. The predicted molar refractivity (Wildman–Crippen MR) is 98.9 cm³/mol. The largest absolute Gasteiger partial charge is 0.463 e. The van der Waals surface area contributed by atoms with Gasteiger partial charge in [-0.3, -0.25) is 9.69 Å². The first-order chi connectivity index (χ1) is 13.1. The van der Waals surface area contributed by atoms with E-state index in [1.807, 2.05) is 6.07 Å². The van der Waals surface area contributed by atoms with Gasteiger partial charge < -0.3 is 14.5 Å². The number of ether oxygens (including phenoxy) is 1. The molecule has 1 unspecified atom stereocenters. The van der Waals surface area contributed by atoms with Crippen molar-refractivity contribution >= 4 is 35.0 Å². The number of methoxy groups -OCH3 is 1. The van der Waals surface area contributed by atoms with Crippen molar-refractivity contribution in [3.05, 3.63) is 76.8 Å². The van der Waals surface area contributed by atoms with Gasteiger partial charge in [-0.25, -0.2) is 9.78 Å². The number of para-hydroxylation sites is 1. The first kappa shape index (κ1) is 17.1. The number of fused-ring (bicyclic) bond motifs is 1. The number of pyridine rings is 1. The Bertz CT molecular complexity index is 1020. The lowest BCUT2D eigenvalue weighted by Gasteiger charge is -2.35. The van der Waals surface area contributed by atoms with Crippen molar-refractivity contribution in [2.45, 2.75) is 6.17 Å². The molecule has 4 rings (SSSR count). The molecule has 1 amide bonds. The molecule has 7 nitrogen and oxygen atoms in total. The van der Waals surface area contributed by atoms with Gasteiger partial charge in [-0.2, -0.15) is 0 Å². The Kier molecular flexibility index (Phi) is 4.29. The number of rotatable bonds is 3. The number of hydrogen-bond acceptors (Lipinski definition) is 6. The van der Waals surface area contributed by atoms with E-state index >= 15 is 0 Å². The fourth-order valence-corrected chi connectivity index (χ4v) is 3.02. The summed E-state index contributed by atoms with van der Waals surface area (Å²) >= 11 is 5.92. The number of benzene rings is 1. The van der Waals surface area contributed by atoms with Crippen LogP contribution in [0, 0.1) is 0 Å². The molecule has 1 N–H and O–H groups in total. The van der Waals surface area contributed by atoms with Gasteiger partial charge in [0, 0.05) is 11.9 Å². The maximum absolute atomic E-state index is 13.2. The molecule has 0 radical (unpaired) electrons. The molecule has 1 aliphatic rings. The summed E-state index contributed by atoms with van der Waals surface area (Å²) in [6.45, 7) is 0. The molecule has 0 saturated carbocycles. The van der Waals surface area contributed by atoms with Gasteiger partial charge in [0.2, 0.25) is 5.76 Å². The van der Waals surface area contributed by atoms with Crippen LogP contribution in [0.2, 0.25) is 5.02 Å². The highest BCUT2D eigenvalue weighted by atomic mass is 35.5. The van der Waals surface area contributed by atoms with Gasteiger partial charge in [0.1, 0.15) is 11.6 Å². The topological polar surface area (TPSA) is 84.7 Å². The van der Waals surface area contributed by atoms with Gasteiger partial charge >= 0.3 is 5.97 Å². The summed E-state index contributed by atoms with van der Waals surface area (Å²) in [6.07, 6.45) is 0.767. The SMILES string of the molecule is COC(=O)c1ccc(C2Nc3ccccc3C(=O)N2c2ccc(Cl)cn2)o1. The standard InChI is InChI=1S/C19H14ClN3O4/c1-26-19(25)15-8-7-14(27-15)17-22-13-5-3-2-4-12(13)18(24)23(17)16-9-6-11(20)10-21-16/h2-10,17,22H,1H3. The van der Waals surface area contributed by atoms with Crippen LogP contribution in [0.1, 0.15) is 32.8 Å². The second kappa shape index (κ2) is 6.77. The number of hydrogen-bond donors (Lipinski definition) is 1. The van der Waals surface area contributed by atoms with E-state index in [9.17, 15) is 9.59 Å². The Morgan fingerprint density at radius 1 is 1.22 bits per heavy atom. The average Bonchev–Trinajstić information content (AvgIpc) is 3.18. The Labute approximate surface area is 159 Å². The highest BCUT2D eigenvalue weighted by molar-refractivity contribution is 6.30. The number of halogens is 1. The van der Waals surface area contributed by atoms with Crippen LogP contribution in [0.15, 0.2) is 59.1 Å². The van der Waals surface area contributed by atoms with Gasteiger partial charge in [0.15, 0.2) is 6.17 Å². The summed E-state index contributed by atoms with van der Waals surface area (Å²) in [4.78, 5) is 30.6. The van der Waals surface area contributed by atoms with Crippen LogP contribution < -0.4 is 10.2 Å². The van der Waals surface area contributed by atoms with E-state index in [2.05, 4.69) is 15.0 Å². The number of esters is 1. The number of amides is 1. The molecule has 8 heteroatoms. The molecular weight excluding hydrogens is 370 g/mol. The minimum atomic E-state index is -0.695. The van der Waals surface area contributed by atoms with E-state index in [1.165, 1.54) is 24.3 Å². The quantitative estimate of drug-likeness (QED) is 0.691. The van der Waals surface area contributed by atoms with Gasteiger partial charge in [0.05, 0.1) is 17.7 Å². The molecule has 0 saturated heterocycles. The third-order valence-corrected chi connectivity index (χ3v) is 4.39. The highest BCUT2D eigenvalue weighted by Gasteiger charge is 2.36. The summed E-state index contributed by atoms with van der Waals surface area (Å²) < 4.78 is 10.3. The van der Waals surface area contributed by atoms with E-state index in [0.717, 1.165) is 0 Å². The lowest BCUT2D eigenvalue weighted by molar-refractivity contribution is 0.0562. The summed E-state index contributed by atoms with van der Waals surface area (Å²) in [5.41, 5.74) is 1.17. The Morgan fingerprint density at radius 2 is 2.04 bits per heavy atom. The lowest BCUT2D eigenvalue weighted by Crippen LogP contribution is -2.43. The molecule has 3 heterocycles. The van der Waals surface area contributed by atoms with Gasteiger partial charge in [-0.15, -0.1) is 0 Å². The molecule has 1 atom stereocenters. The van der Waals surface area contributed by atoms with Crippen LogP contribution in [-0.4, -0.2) is 24.0 Å². The number of nitrogens with one attached hydrogen (secondary N) is 1. The Morgan fingerprint density at radius 3 is 2.78 bits per heavy atom. The van der Waals surface area contributed by atoms with Crippen molar-refractivity contribution in [2.24, 2.45) is 0 Å². The number of nitrogens with zero attached hydrogens (tertiary/aromatic N) is 2. The van der Waals surface area contributed by atoms with Crippen LogP contribution in [0.4, 0.5) is 11.5 Å². The fourth-order valence-electron chi connectivity index (χ4n) is 2.91. The number of anilines is 2. The van der Waals surface area contributed by atoms with Gasteiger partial charge in [-0.05, 0) is 36.4 Å². The van der Waals surface area contributed by atoms with Crippen LogP contribution in [0.25, 0.3) is 0 Å². The summed E-state index contributed by atoms with van der Waals surface area (Å²) in [5, 5.41) is 3.72. The maximum Gasteiger partial charge on any atom is 0.373 e. The molecule has 0 fully saturated rings. The Hall–Kier alpha value is -3.32. The monoisotopic (exact) mass is 383 g/mol. The summed E-state index contributed by atoms with van der Waals surface area (Å²) in [5.74, 6) is -0.0350. The van der Waals surface area contributed by atoms with Crippen molar-refractivity contribution in [2.75, 3.05) is 17.3 Å². The Balaban J connectivity index is 1.81. The van der Waals surface area contributed by atoms with Crippen LogP contribution in [-0.2, 0) is 4.74 Å². The molecule has 1 aliphatic heterocycles. The van der Waals surface area contributed by atoms with Crippen molar-refractivity contribution in [1.82, 2.24) is 4.98 Å². The summed E-state index contributed by atoms with van der Waals surface area (Å²) in [6, 6.07) is 13.6. The van der Waals surface area contributed by atoms with E-state index < -0.39 is 12.1 Å². The van der Waals surface area contributed by atoms with Crippen LogP contribution in [0.3, 0.4) is 0 Å². The molecular formula is C19H14ClN3O4. The minimum absolute atomic E-state index is 0.0459. The second-order valence-corrected chi connectivity index (χ2v) is 6.23. The zero-order chi connectivity index (χ0) is 19.0. The van der Waals surface area contributed by atoms with Crippen LogP contribution >= 0.6 is 11.6 Å². The summed E-state index contributed by atoms with van der Waals surface area (Å²) in [7, 11) is 1.27. The normalized spacial score (nSPS) is 15.9. The van der Waals surface area contributed by atoms with E-state index in [4.69, 9.17) is 16.0 Å². The third kappa shape index (κ3) is 3.02. The molecule has 0 spiro atoms. The number of carbonyl (C=O) groups is 2. The maximum atomic E-state index is 13.2. The highest BCUT2D eigenvalue weighted by Crippen LogP contribution is 2.36. The molecule has 2 aromatic heterocycles. The zero-order valence-corrected chi connectivity index (χ0v) is 14.9. The first-order valence-corrected chi connectivity index (χ1v) is 8.45. The van der Waals surface area contributed by atoms with Crippen molar-refractivity contribution in [3.63, 3.8) is 0 Å². The van der Waals surface area contributed by atoms with Crippen LogP contribution in [0.5, 0.6) is 0 Å². The molecule has 0 bridgehead atoms. The fraction of sp³-hybridized carbons (Fsp3) is 0.105. The predicted octanol–water partition coefficient (Wildman–Crippen LogP) is 3.89. The molecule has 1 aromatic carbocycles. The number of carbonyl (C=O) groups excluding carboxylic acids is 2. The average molecular weight is 384 g/mol. The second-order valence-electron chi connectivity index (χ2n) is 5.80. The van der Waals surface area contributed by atoms with Crippen molar-refractivity contribution < 1.29 is 18.7 Å². The van der Waals surface area contributed by atoms with E-state index in [0.29, 0.717) is 27.9 Å². The smallest absolute Gasteiger partial charge is 0.373 e. The van der Waals surface area contributed by atoms with E-state index in [-0.39, 0.29) is 11.7 Å². The lowest BCUT2D eigenvalue weighted by atomic mass is 10.1. The number of aromatic nitrogens is 1. The molecule has 136 valence electrons. The minimum Gasteiger partial charge on any atom is -0.463 e. The number of furan rings is 1. The van der Waals surface area contributed by atoms with Gasteiger partial charge in [-0.1, -0.05) is 23.7 Å². The van der Waals surface area contributed by atoms with Gasteiger partial charge in [0.25, 0.3) is 5.91 Å². The molecule has 0 aliphatic carbocycles. The van der Waals surface area contributed by atoms with Crippen molar-refractivity contribution in [1.29, 1.82) is 0 Å². The van der Waals surface area contributed by atoms with E-state index in [1.54, 1.807) is 36.4 Å². The molecule has 27 heavy (non-hydrogen) atoms. The zero-order valence-electron chi connectivity index (χ0n) is 14.2. The third-order valence-electron chi connectivity index (χ3n) is 4.17.